The molecule has 116 valence electrons. The van der Waals surface area contributed by atoms with Crippen molar-refractivity contribution in [3.8, 4) is 0 Å². The minimum absolute atomic E-state index is 0.0724. The maximum Gasteiger partial charge on any atom is 0.251 e. The molecule has 2 rings (SSSR count). The van der Waals surface area contributed by atoms with Gasteiger partial charge >= 0.3 is 0 Å². The molecule has 0 aliphatic carbocycles. The molecule has 1 aromatic carbocycles. The van der Waals surface area contributed by atoms with E-state index in [2.05, 4.69) is 48.8 Å². The third-order valence-electron chi connectivity index (χ3n) is 3.94. The first-order chi connectivity index (χ1) is 10.1. The molecule has 5 heteroatoms. The fourth-order valence-corrected chi connectivity index (χ4v) is 4.28. The maximum atomic E-state index is 12.0. The number of nitrogens with zero attached hydrogens (tertiary/aromatic N) is 1. The molecule has 1 unspecified atom stereocenters. The average molecular weight is 325 g/mol. The number of hydrogen-bond acceptors (Lipinski definition) is 4. The summed E-state index contributed by atoms with van der Waals surface area (Å²) in [6, 6.07) is 4.74. The second kappa shape index (κ2) is 7.56. The molecule has 1 N–H and O–H groups in total. The van der Waals surface area contributed by atoms with E-state index in [0.717, 1.165) is 29.8 Å². The van der Waals surface area contributed by atoms with Crippen molar-refractivity contribution in [3.63, 3.8) is 0 Å². The lowest BCUT2D eigenvalue weighted by Crippen LogP contribution is -2.27. The monoisotopic (exact) mass is 324 g/mol. The van der Waals surface area contributed by atoms with E-state index in [-0.39, 0.29) is 5.91 Å². The number of carbonyl (C=O) groups excluding carboxylic acids is 1. The van der Waals surface area contributed by atoms with Crippen LogP contribution in [0.2, 0.25) is 0 Å². The predicted molar refractivity (Wildman–Crippen MR) is 93.4 cm³/mol. The van der Waals surface area contributed by atoms with Gasteiger partial charge in [-0.2, -0.15) is 11.8 Å². The molecular weight excluding hydrogens is 300 g/mol. The summed E-state index contributed by atoms with van der Waals surface area (Å²) in [5.41, 5.74) is 3.30. The zero-order valence-electron chi connectivity index (χ0n) is 13.2. The first-order valence-corrected chi connectivity index (χ1v) is 9.92. The molecule has 1 aliphatic heterocycles. The highest BCUT2D eigenvalue weighted by Gasteiger charge is 2.25. The average Bonchev–Trinajstić information content (AvgIpc) is 2.85. The summed E-state index contributed by atoms with van der Waals surface area (Å²) in [6.45, 7) is 3.95. The lowest BCUT2D eigenvalue weighted by Gasteiger charge is -2.28. The van der Waals surface area contributed by atoms with Crippen LogP contribution in [0.25, 0.3) is 0 Å². The highest BCUT2D eigenvalue weighted by Crippen LogP contribution is 2.33. The van der Waals surface area contributed by atoms with Crippen LogP contribution >= 0.6 is 23.5 Å². The number of thioether (sulfide) groups is 2. The number of benzene rings is 1. The van der Waals surface area contributed by atoms with Crippen molar-refractivity contribution < 1.29 is 4.79 Å². The molecule has 0 aromatic heterocycles. The lowest BCUT2D eigenvalue weighted by molar-refractivity contribution is 0.0965. The van der Waals surface area contributed by atoms with E-state index in [1.165, 1.54) is 10.5 Å². The summed E-state index contributed by atoms with van der Waals surface area (Å²) in [7, 11) is 2.18. The van der Waals surface area contributed by atoms with Crippen molar-refractivity contribution in [2.75, 3.05) is 31.9 Å². The highest BCUT2D eigenvalue weighted by molar-refractivity contribution is 7.98. The van der Waals surface area contributed by atoms with Gasteiger partial charge in [0.05, 0.1) is 0 Å². The van der Waals surface area contributed by atoms with Gasteiger partial charge in [-0.25, -0.2) is 0 Å². The first-order valence-electron chi connectivity index (χ1n) is 7.30. The number of rotatable bonds is 7. The SMILES string of the molecule is CCCN(C)C(CSC)c1cc(SC)c2c(c1)C(=O)NC2. The Balaban J connectivity index is 2.41. The van der Waals surface area contributed by atoms with Crippen LogP contribution in [0.1, 0.15) is 40.9 Å². The highest BCUT2D eigenvalue weighted by atomic mass is 32.2. The minimum atomic E-state index is 0.0724. The van der Waals surface area contributed by atoms with Crippen LogP contribution in [-0.2, 0) is 6.54 Å². The molecule has 0 saturated carbocycles. The summed E-state index contributed by atoms with van der Waals surface area (Å²) in [5.74, 6) is 1.12. The Hall–Kier alpha value is -0.650. The molecule has 1 atom stereocenters. The molecule has 0 bridgehead atoms. The molecule has 1 amide bonds. The van der Waals surface area contributed by atoms with Crippen LogP contribution in [0.5, 0.6) is 0 Å². The van der Waals surface area contributed by atoms with E-state index >= 15 is 0 Å². The molecule has 3 nitrogen and oxygen atoms in total. The zero-order chi connectivity index (χ0) is 15.4. The van der Waals surface area contributed by atoms with Crippen LogP contribution in [0.15, 0.2) is 17.0 Å². The number of carbonyl (C=O) groups is 1. The minimum Gasteiger partial charge on any atom is -0.348 e. The lowest BCUT2D eigenvalue weighted by atomic mass is 10.0. The fourth-order valence-electron chi connectivity index (χ4n) is 2.83. The molecule has 1 aliphatic rings. The van der Waals surface area contributed by atoms with Crippen molar-refractivity contribution in [1.29, 1.82) is 0 Å². The molecule has 1 heterocycles. The Bertz CT molecular complexity index is 519. The van der Waals surface area contributed by atoms with E-state index in [4.69, 9.17) is 0 Å². The van der Waals surface area contributed by atoms with Gasteiger partial charge in [0.1, 0.15) is 0 Å². The molecule has 0 radical (unpaired) electrons. The van der Waals surface area contributed by atoms with Crippen molar-refractivity contribution in [1.82, 2.24) is 10.2 Å². The van der Waals surface area contributed by atoms with Gasteiger partial charge in [-0.3, -0.25) is 9.69 Å². The summed E-state index contributed by atoms with van der Waals surface area (Å²) < 4.78 is 0. The van der Waals surface area contributed by atoms with Gasteiger partial charge < -0.3 is 5.32 Å². The fraction of sp³-hybridized carbons (Fsp3) is 0.562. The third-order valence-corrected chi connectivity index (χ3v) is 5.39. The number of nitrogens with one attached hydrogen (secondary N) is 1. The molecule has 21 heavy (non-hydrogen) atoms. The van der Waals surface area contributed by atoms with Gasteiger partial charge in [0.2, 0.25) is 0 Å². The van der Waals surface area contributed by atoms with Gasteiger partial charge in [-0.15, -0.1) is 11.8 Å². The summed E-state index contributed by atoms with van der Waals surface area (Å²) in [6.07, 6.45) is 5.37. The Morgan fingerprint density at radius 2 is 2.14 bits per heavy atom. The first kappa shape index (κ1) is 16.7. The van der Waals surface area contributed by atoms with E-state index in [1.807, 2.05) is 11.8 Å². The van der Waals surface area contributed by atoms with E-state index < -0.39 is 0 Å². The summed E-state index contributed by atoms with van der Waals surface area (Å²) in [5, 5.41) is 2.94. The van der Waals surface area contributed by atoms with Gasteiger partial charge in [0.25, 0.3) is 5.91 Å². The predicted octanol–water partition coefficient (Wildman–Crippen LogP) is 3.40. The van der Waals surface area contributed by atoms with Crippen LogP contribution < -0.4 is 5.32 Å². The van der Waals surface area contributed by atoms with Crippen molar-refractivity contribution in [3.05, 3.63) is 28.8 Å². The van der Waals surface area contributed by atoms with Crippen molar-refractivity contribution >= 4 is 29.4 Å². The van der Waals surface area contributed by atoms with Gasteiger partial charge in [0, 0.05) is 28.8 Å². The largest absolute Gasteiger partial charge is 0.348 e. The van der Waals surface area contributed by atoms with E-state index in [0.29, 0.717) is 12.6 Å². The van der Waals surface area contributed by atoms with Crippen LogP contribution in [0.3, 0.4) is 0 Å². The van der Waals surface area contributed by atoms with Crippen LogP contribution in [0.4, 0.5) is 0 Å². The van der Waals surface area contributed by atoms with Gasteiger partial charge in [0.15, 0.2) is 0 Å². The quantitative estimate of drug-likeness (QED) is 0.779. The van der Waals surface area contributed by atoms with Crippen molar-refractivity contribution in [2.45, 2.75) is 30.8 Å². The molecule has 0 saturated heterocycles. The Morgan fingerprint density at radius 3 is 2.76 bits per heavy atom. The number of fused-ring (bicyclic) bond motifs is 1. The second-order valence-electron chi connectivity index (χ2n) is 5.38. The summed E-state index contributed by atoms with van der Waals surface area (Å²) >= 11 is 3.59. The molecule has 1 aromatic rings. The standard InChI is InChI=1S/C16H24N2OS2/c1-5-6-18(2)14(10-20-3)11-7-12-13(9-17-16(12)19)15(8-11)21-4/h7-8,14H,5-6,9-10H2,1-4H3,(H,17,19). The summed E-state index contributed by atoms with van der Waals surface area (Å²) in [4.78, 5) is 15.7. The van der Waals surface area contributed by atoms with Gasteiger partial charge in [-0.1, -0.05) is 6.92 Å². The van der Waals surface area contributed by atoms with E-state index in [9.17, 15) is 4.79 Å². The smallest absolute Gasteiger partial charge is 0.251 e. The molecule has 0 fully saturated rings. The normalized spacial score (nSPS) is 15.2. The second-order valence-corrected chi connectivity index (χ2v) is 7.14. The Morgan fingerprint density at radius 1 is 1.38 bits per heavy atom. The number of hydrogen-bond donors (Lipinski definition) is 1. The van der Waals surface area contributed by atoms with Crippen LogP contribution in [0, 0.1) is 0 Å². The Labute approximate surface area is 136 Å². The van der Waals surface area contributed by atoms with Crippen molar-refractivity contribution in [2.24, 2.45) is 0 Å². The van der Waals surface area contributed by atoms with Crippen LogP contribution in [-0.4, -0.2) is 42.7 Å². The van der Waals surface area contributed by atoms with Gasteiger partial charge in [-0.05, 0) is 55.8 Å². The maximum absolute atomic E-state index is 12.0. The third kappa shape index (κ3) is 3.58. The zero-order valence-corrected chi connectivity index (χ0v) is 14.9. The molecule has 0 spiro atoms. The van der Waals surface area contributed by atoms with E-state index in [1.54, 1.807) is 11.8 Å². The molecular formula is C16H24N2OS2. The number of amides is 1. The topological polar surface area (TPSA) is 32.3 Å². The Kier molecular flexibility index (Phi) is 6.02.